The summed E-state index contributed by atoms with van der Waals surface area (Å²) in [6.45, 7) is 4.22. The third-order valence-electron chi connectivity index (χ3n) is 4.99. The van der Waals surface area contributed by atoms with E-state index in [9.17, 15) is 23.1 Å². The number of hydrogen-bond acceptors (Lipinski definition) is 7. The minimum atomic E-state index is -3.20. The molecule has 0 aromatic heterocycles. The van der Waals surface area contributed by atoms with Crippen LogP contribution in [0.3, 0.4) is 0 Å². The second-order valence-corrected chi connectivity index (χ2v) is 9.51. The molecule has 0 saturated carbocycles. The quantitative estimate of drug-likeness (QED) is 0.510. The van der Waals surface area contributed by atoms with Crippen molar-refractivity contribution in [3.8, 4) is 0 Å². The number of piperazine rings is 1. The van der Waals surface area contributed by atoms with Crippen LogP contribution < -0.4 is 4.90 Å². The molecule has 1 aliphatic heterocycles. The van der Waals surface area contributed by atoms with E-state index in [0.29, 0.717) is 18.7 Å². The normalized spacial score (nSPS) is 15.5. The fourth-order valence-corrected chi connectivity index (χ4v) is 3.89. The van der Waals surface area contributed by atoms with Crippen molar-refractivity contribution in [3.63, 3.8) is 0 Å². The molecule has 33 heavy (non-hydrogen) atoms. The van der Waals surface area contributed by atoms with Crippen molar-refractivity contribution in [1.29, 1.82) is 0 Å². The number of carbonyl (C=O) groups is 2. The van der Waals surface area contributed by atoms with Gasteiger partial charge in [-0.3, -0.25) is 4.90 Å². The molecule has 0 aliphatic carbocycles. The topological polar surface area (TPSA) is 135 Å². The summed E-state index contributed by atoms with van der Waals surface area (Å²) >= 11 is 0. The molecular weight excluding hydrogens is 448 g/mol. The Hall–Kier alpha value is -3.21. The molecule has 2 aromatic rings. The fourth-order valence-electron chi connectivity index (χ4n) is 3.26. The van der Waals surface area contributed by atoms with Gasteiger partial charge in [-0.25, -0.2) is 18.0 Å². The highest BCUT2D eigenvalue weighted by Crippen LogP contribution is 2.20. The van der Waals surface area contributed by atoms with Gasteiger partial charge in [0.2, 0.25) is 0 Å². The van der Waals surface area contributed by atoms with Crippen molar-refractivity contribution in [3.05, 3.63) is 72.3 Å². The molecule has 1 atom stereocenters. The number of hydrogen-bond donors (Lipinski definition) is 3. The van der Waals surface area contributed by atoms with Crippen molar-refractivity contribution in [2.24, 2.45) is 0 Å². The number of benzene rings is 2. The first-order valence-corrected chi connectivity index (χ1v) is 12.1. The van der Waals surface area contributed by atoms with Gasteiger partial charge in [0.1, 0.15) is 0 Å². The number of aliphatic hydroxyl groups excluding tert-OH is 1. The number of nitrogens with zero attached hydrogens (tertiary/aromatic N) is 2. The van der Waals surface area contributed by atoms with Gasteiger partial charge >= 0.3 is 11.9 Å². The van der Waals surface area contributed by atoms with Gasteiger partial charge in [-0.05, 0) is 29.8 Å². The second-order valence-electron chi connectivity index (χ2n) is 7.49. The van der Waals surface area contributed by atoms with Crippen molar-refractivity contribution < 1.29 is 33.3 Å². The minimum Gasteiger partial charge on any atom is -0.478 e. The highest BCUT2D eigenvalue weighted by molar-refractivity contribution is 7.90. The summed E-state index contributed by atoms with van der Waals surface area (Å²) in [4.78, 5) is 24.0. The maximum absolute atomic E-state index is 11.5. The van der Waals surface area contributed by atoms with Crippen LogP contribution in [0.15, 0.2) is 71.6 Å². The van der Waals surface area contributed by atoms with E-state index in [-0.39, 0.29) is 4.90 Å². The molecule has 178 valence electrons. The monoisotopic (exact) mass is 476 g/mol. The Morgan fingerprint density at radius 1 is 0.909 bits per heavy atom. The van der Waals surface area contributed by atoms with Crippen LogP contribution in [0.5, 0.6) is 0 Å². The lowest BCUT2D eigenvalue weighted by molar-refractivity contribution is -0.134. The maximum Gasteiger partial charge on any atom is 0.328 e. The van der Waals surface area contributed by atoms with Crippen LogP contribution in [-0.4, -0.2) is 79.6 Å². The highest BCUT2D eigenvalue weighted by atomic mass is 32.2. The zero-order chi connectivity index (χ0) is 24.4. The van der Waals surface area contributed by atoms with Gasteiger partial charge in [-0.15, -0.1) is 0 Å². The summed E-state index contributed by atoms with van der Waals surface area (Å²) in [5.74, 6) is -2.51. The van der Waals surface area contributed by atoms with Gasteiger partial charge in [-0.2, -0.15) is 0 Å². The van der Waals surface area contributed by atoms with Gasteiger partial charge in [0.15, 0.2) is 9.84 Å². The van der Waals surface area contributed by atoms with Gasteiger partial charge in [0, 0.05) is 56.8 Å². The zero-order valence-electron chi connectivity index (χ0n) is 18.2. The van der Waals surface area contributed by atoms with Gasteiger partial charge < -0.3 is 20.2 Å². The Morgan fingerprint density at radius 2 is 1.42 bits per heavy atom. The molecule has 1 aliphatic rings. The van der Waals surface area contributed by atoms with E-state index in [0.717, 1.165) is 31.7 Å². The SMILES string of the molecule is CS(=O)(=O)c1ccc(C(O)CN2CCN(c3ccccc3)CC2)cc1.O=C(O)C=CC(=O)O. The Balaban J connectivity index is 0.000000414. The molecule has 2 aromatic carbocycles. The standard InChI is InChI=1S/C19H24N2O3S.C4H4O4/c1-25(23,24)18-9-7-16(8-10-18)19(22)15-20-11-13-21(14-12-20)17-5-3-2-4-6-17;5-3(6)1-2-4(7)8/h2-10,19,22H,11-15H2,1H3;1-2H,(H,5,6)(H,7,8). The molecule has 3 rings (SSSR count). The number of carboxylic acid groups (broad SMARTS) is 2. The summed E-state index contributed by atoms with van der Waals surface area (Å²) in [6, 6.07) is 16.9. The molecule has 10 heteroatoms. The van der Waals surface area contributed by atoms with Crippen LogP contribution >= 0.6 is 0 Å². The first kappa shape index (κ1) is 26.0. The van der Waals surface area contributed by atoms with E-state index in [1.54, 1.807) is 24.3 Å². The predicted molar refractivity (Wildman–Crippen MR) is 124 cm³/mol. The molecule has 0 amide bonds. The number of carboxylic acids is 2. The largest absolute Gasteiger partial charge is 0.478 e. The van der Waals surface area contributed by atoms with E-state index >= 15 is 0 Å². The molecule has 0 bridgehead atoms. The zero-order valence-corrected chi connectivity index (χ0v) is 19.1. The molecule has 0 spiro atoms. The lowest BCUT2D eigenvalue weighted by atomic mass is 10.1. The summed E-state index contributed by atoms with van der Waals surface area (Å²) < 4.78 is 23.0. The smallest absolute Gasteiger partial charge is 0.328 e. The van der Waals surface area contributed by atoms with Crippen LogP contribution in [0.25, 0.3) is 0 Å². The van der Waals surface area contributed by atoms with E-state index in [1.165, 1.54) is 11.9 Å². The lowest BCUT2D eigenvalue weighted by Gasteiger charge is -2.37. The lowest BCUT2D eigenvalue weighted by Crippen LogP contribution is -2.47. The first-order valence-electron chi connectivity index (χ1n) is 10.2. The molecule has 0 radical (unpaired) electrons. The first-order chi connectivity index (χ1) is 15.6. The summed E-state index contributed by atoms with van der Waals surface area (Å²) in [7, 11) is -3.20. The number of β-amino-alcohol motifs (C(OH)–C–C–N with tert-alkyl or cyclic N) is 1. The van der Waals surface area contributed by atoms with E-state index in [4.69, 9.17) is 10.2 Å². The van der Waals surface area contributed by atoms with E-state index in [1.807, 2.05) is 18.2 Å². The Kier molecular flexibility index (Phi) is 9.58. The predicted octanol–water partition coefficient (Wildman–Crippen LogP) is 1.66. The van der Waals surface area contributed by atoms with Crippen molar-refractivity contribution in [1.82, 2.24) is 4.90 Å². The van der Waals surface area contributed by atoms with Crippen LogP contribution in [0.1, 0.15) is 11.7 Å². The average Bonchev–Trinajstić information content (AvgIpc) is 2.79. The molecule has 9 nitrogen and oxygen atoms in total. The van der Waals surface area contributed by atoms with Crippen molar-refractivity contribution in [2.45, 2.75) is 11.0 Å². The summed E-state index contributed by atoms with van der Waals surface area (Å²) in [6.07, 6.45) is 1.69. The number of sulfone groups is 1. The van der Waals surface area contributed by atoms with Crippen LogP contribution in [0, 0.1) is 0 Å². The molecule has 1 fully saturated rings. The fraction of sp³-hybridized carbons (Fsp3) is 0.304. The Labute approximate surface area is 193 Å². The van der Waals surface area contributed by atoms with E-state index < -0.39 is 27.9 Å². The van der Waals surface area contributed by atoms with Crippen LogP contribution in [-0.2, 0) is 19.4 Å². The number of anilines is 1. The Morgan fingerprint density at radius 3 is 1.88 bits per heavy atom. The molecular formula is C23H28N2O7S. The Bertz CT molecular complexity index is 1030. The van der Waals surface area contributed by atoms with Crippen molar-refractivity contribution >= 4 is 27.5 Å². The summed E-state index contributed by atoms with van der Waals surface area (Å²) in [5.41, 5.74) is 1.98. The van der Waals surface area contributed by atoms with Crippen LogP contribution in [0.2, 0.25) is 0 Å². The molecule has 1 heterocycles. The molecule has 3 N–H and O–H groups in total. The molecule has 1 saturated heterocycles. The van der Waals surface area contributed by atoms with Crippen LogP contribution in [0.4, 0.5) is 5.69 Å². The summed E-state index contributed by atoms with van der Waals surface area (Å²) in [5, 5.41) is 26.1. The van der Waals surface area contributed by atoms with Gasteiger partial charge in [0.05, 0.1) is 11.0 Å². The highest BCUT2D eigenvalue weighted by Gasteiger charge is 2.20. The number of rotatable bonds is 7. The van der Waals surface area contributed by atoms with Gasteiger partial charge in [-0.1, -0.05) is 30.3 Å². The maximum atomic E-state index is 11.5. The van der Waals surface area contributed by atoms with Gasteiger partial charge in [0.25, 0.3) is 0 Å². The third-order valence-corrected chi connectivity index (χ3v) is 6.11. The number of aliphatic hydroxyl groups is 1. The average molecular weight is 477 g/mol. The number of para-hydroxylation sites is 1. The molecule has 1 unspecified atom stereocenters. The van der Waals surface area contributed by atoms with Crippen molar-refractivity contribution in [2.75, 3.05) is 43.9 Å². The minimum absolute atomic E-state index is 0.278. The number of aliphatic carboxylic acids is 2. The third kappa shape index (κ3) is 9.05. The second kappa shape index (κ2) is 12.1. The van der Waals surface area contributed by atoms with E-state index in [2.05, 4.69) is 21.9 Å².